The van der Waals surface area contributed by atoms with E-state index < -0.39 is 0 Å². The standard InChI is InChI=1S/C29H46N2O5/c1-22-9-6-11-25(18-22)28(36-16-8-13-27(32)34-3)26-12-7-14-31(20-26)29(33)30-19-23(2)17-24-10-4-5-15-35-21-24/h6,9,11,18,23-24,26,28H,4-5,7-8,10,12-17,19-21H2,1-3H3,(H,30,33). The minimum absolute atomic E-state index is 0.0253. The van der Waals surface area contributed by atoms with Crippen molar-refractivity contribution in [2.45, 2.75) is 71.3 Å². The molecule has 4 atom stereocenters. The van der Waals surface area contributed by atoms with Gasteiger partial charge in [-0.3, -0.25) is 4.79 Å². The summed E-state index contributed by atoms with van der Waals surface area (Å²) in [7, 11) is 1.41. The normalized spacial score (nSPS) is 22.4. The van der Waals surface area contributed by atoms with Crippen molar-refractivity contribution in [2.24, 2.45) is 17.8 Å². The SMILES string of the molecule is COC(=O)CCCOC(c1cccc(C)c1)C1CCCN(C(=O)NCC(C)CC2CCCCOC2)C1. The summed E-state index contributed by atoms with van der Waals surface area (Å²) in [4.78, 5) is 26.5. The van der Waals surface area contributed by atoms with E-state index in [1.807, 2.05) is 4.90 Å². The number of methoxy groups -OCH3 is 1. The minimum Gasteiger partial charge on any atom is -0.469 e. The highest BCUT2D eigenvalue weighted by Gasteiger charge is 2.31. The molecule has 0 aromatic heterocycles. The number of carbonyl (C=O) groups excluding carboxylic acids is 2. The molecule has 3 rings (SSSR count). The lowest BCUT2D eigenvalue weighted by atomic mass is 9.88. The van der Waals surface area contributed by atoms with Gasteiger partial charge in [0.25, 0.3) is 0 Å². The number of piperidine rings is 1. The third kappa shape index (κ3) is 9.40. The van der Waals surface area contributed by atoms with Crippen LogP contribution in [-0.4, -0.2) is 63.5 Å². The molecule has 2 saturated heterocycles. The van der Waals surface area contributed by atoms with Crippen molar-refractivity contribution < 1.29 is 23.8 Å². The molecule has 36 heavy (non-hydrogen) atoms. The highest BCUT2D eigenvalue weighted by molar-refractivity contribution is 5.74. The number of carbonyl (C=O) groups is 2. The van der Waals surface area contributed by atoms with E-state index in [0.717, 1.165) is 51.0 Å². The van der Waals surface area contributed by atoms with Gasteiger partial charge in [-0.25, -0.2) is 4.79 Å². The van der Waals surface area contributed by atoms with Crippen LogP contribution >= 0.6 is 0 Å². The van der Waals surface area contributed by atoms with E-state index in [2.05, 4.69) is 43.4 Å². The number of aryl methyl sites for hydroxylation is 1. The molecule has 2 aliphatic rings. The number of likely N-dealkylation sites (tertiary alicyclic amines) is 1. The molecule has 2 amide bonds. The Kier molecular flexibility index (Phi) is 12.0. The summed E-state index contributed by atoms with van der Waals surface area (Å²) in [6, 6.07) is 8.45. The fourth-order valence-corrected chi connectivity index (χ4v) is 5.50. The zero-order valence-corrected chi connectivity index (χ0v) is 22.5. The summed E-state index contributed by atoms with van der Waals surface area (Å²) in [6.45, 7) is 8.67. The molecular formula is C29H46N2O5. The van der Waals surface area contributed by atoms with Gasteiger partial charge in [-0.2, -0.15) is 0 Å². The summed E-state index contributed by atoms with van der Waals surface area (Å²) in [5.41, 5.74) is 2.33. The van der Waals surface area contributed by atoms with Gasteiger partial charge in [0.1, 0.15) is 0 Å². The topological polar surface area (TPSA) is 77.1 Å². The Labute approximate surface area is 217 Å². The predicted molar refractivity (Wildman–Crippen MR) is 141 cm³/mol. The maximum absolute atomic E-state index is 13.1. The number of benzene rings is 1. The largest absolute Gasteiger partial charge is 0.469 e. The van der Waals surface area contributed by atoms with Gasteiger partial charge in [0, 0.05) is 51.8 Å². The van der Waals surface area contributed by atoms with Crippen LogP contribution in [0.25, 0.3) is 0 Å². The molecule has 1 aromatic carbocycles. The average molecular weight is 503 g/mol. The molecule has 1 aromatic rings. The monoisotopic (exact) mass is 502 g/mol. The van der Waals surface area contributed by atoms with Crippen LogP contribution in [0.15, 0.2) is 24.3 Å². The highest BCUT2D eigenvalue weighted by atomic mass is 16.5. The second-order valence-electron chi connectivity index (χ2n) is 10.7. The first kappa shape index (κ1) is 28.5. The molecule has 1 N–H and O–H groups in total. The maximum Gasteiger partial charge on any atom is 0.317 e. The molecule has 202 valence electrons. The quantitative estimate of drug-likeness (QED) is 0.329. The molecule has 2 heterocycles. The highest BCUT2D eigenvalue weighted by Crippen LogP contribution is 2.33. The van der Waals surface area contributed by atoms with E-state index >= 15 is 0 Å². The van der Waals surface area contributed by atoms with E-state index in [0.29, 0.717) is 44.4 Å². The number of amides is 2. The van der Waals surface area contributed by atoms with E-state index in [4.69, 9.17) is 14.2 Å². The molecule has 0 aliphatic carbocycles. The van der Waals surface area contributed by atoms with Crippen LogP contribution in [0.5, 0.6) is 0 Å². The van der Waals surface area contributed by atoms with Gasteiger partial charge in [-0.05, 0) is 62.8 Å². The second-order valence-corrected chi connectivity index (χ2v) is 10.7. The Hall–Kier alpha value is -2.12. The zero-order valence-electron chi connectivity index (χ0n) is 22.5. The molecule has 0 radical (unpaired) electrons. The van der Waals surface area contributed by atoms with Gasteiger partial charge in [-0.15, -0.1) is 0 Å². The number of ether oxygens (including phenoxy) is 3. The molecular weight excluding hydrogens is 456 g/mol. The van der Waals surface area contributed by atoms with E-state index in [1.165, 1.54) is 25.5 Å². The number of nitrogens with one attached hydrogen (secondary N) is 1. The van der Waals surface area contributed by atoms with E-state index in [1.54, 1.807) is 0 Å². The Morgan fingerprint density at radius 1 is 1.22 bits per heavy atom. The van der Waals surface area contributed by atoms with Gasteiger partial charge in [0.15, 0.2) is 0 Å². The van der Waals surface area contributed by atoms with Gasteiger partial charge in [0.2, 0.25) is 0 Å². The Bertz CT molecular complexity index is 809. The minimum atomic E-state index is -0.216. The van der Waals surface area contributed by atoms with Crippen molar-refractivity contribution in [3.63, 3.8) is 0 Å². The first-order valence-electron chi connectivity index (χ1n) is 13.8. The summed E-state index contributed by atoms with van der Waals surface area (Å²) in [5.74, 6) is 1.03. The Morgan fingerprint density at radius 3 is 2.89 bits per heavy atom. The average Bonchev–Trinajstić information content (AvgIpc) is 3.15. The predicted octanol–water partition coefficient (Wildman–Crippen LogP) is 5.27. The number of hydrogen-bond donors (Lipinski definition) is 1. The van der Waals surface area contributed by atoms with Gasteiger partial charge >= 0.3 is 12.0 Å². The van der Waals surface area contributed by atoms with E-state index in [9.17, 15) is 9.59 Å². The maximum atomic E-state index is 13.1. The third-order valence-electron chi connectivity index (χ3n) is 7.44. The molecule has 7 nitrogen and oxygen atoms in total. The number of nitrogens with zero attached hydrogens (tertiary/aromatic N) is 1. The van der Waals surface area contributed by atoms with Gasteiger partial charge < -0.3 is 24.4 Å². The fourth-order valence-electron chi connectivity index (χ4n) is 5.50. The smallest absolute Gasteiger partial charge is 0.317 e. The molecule has 0 bridgehead atoms. The van der Waals surface area contributed by atoms with Crippen LogP contribution < -0.4 is 5.32 Å². The summed E-state index contributed by atoms with van der Waals surface area (Å²) in [6.07, 6.45) is 7.56. The first-order valence-corrected chi connectivity index (χ1v) is 13.8. The lowest BCUT2D eigenvalue weighted by Gasteiger charge is -2.37. The Morgan fingerprint density at radius 2 is 2.08 bits per heavy atom. The third-order valence-corrected chi connectivity index (χ3v) is 7.44. The summed E-state index contributed by atoms with van der Waals surface area (Å²) >= 11 is 0. The van der Waals surface area contributed by atoms with Gasteiger partial charge in [-0.1, -0.05) is 43.2 Å². The molecule has 7 heteroatoms. The molecule has 4 unspecified atom stereocenters. The molecule has 0 saturated carbocycles. The van der Waals surface area contributed by atoms with Crippen LogP contribution in [0.1, 0.15) is 75.5 Å². The van der Waals surface area contributed by atoms with Crippen LogP contribution in [-0.2, 0) is 19.0 Å². The van der Waals surface area contributed by atoms with Crippen molar-refractivity contribution in [2.75, 3.05) is 46.6 Å². The fraction of sp³-hybridized carbons (Fsp3) is 0.724. The van der Waals surface area contributed by atoms with Crippen molar-refractivity contribution >= 4 is 12.0 Å². The van der Waals surface area contributed by atoms with Crippen LogP contribution in [0.4, 0.5) is 4.79 Å². The van der Waals surface area contributed by atoms with Crippen molar-refractivity contribution in [3.8, 4) is 0 Å². The molecule has 2 fully saturated rings. The summed E-state index contributed by atoms with van der Waals surface area (Å²) in [5, 5.41) is 3.19. The van der Waals surface area contributed by atoms with E-state index in [-0.39, 0.29) is 24.0 Å². The molecule has 2 aliphatic heterocycles. The zero-order chi connectivity index (χ0) is 25.8. The van der Waals surface area contributed by atoms with Gasteiger partial charge in [0.05, 0.1) is 13.2 Å². The second kappa shape index (κ2) is 15.2. The summed E-state index contributed by atoms with van der Waals surface area (Å²) < 4.78 is 16.8. The van der Waals surface area contributed by atoms with Crippen LogP contribution in [0, 0.1) is 24.7 Å². The number of hydrogen-bond acceptors (Lipinski definition) is 5. The number of esters is 1. The van der Waals surface area contributed by atoms with Crippen molar-refractivity contribution in [1.82, 2.24) is 10.2 Å². The number of rotatable bonds is 11. The van der Waals surface area contributed by atoms with Crippen LogP contribution in [0.2, 0.25) is 0 Å². The Balaban J connectivity index is 1.53. The van der Waals surface area contributed by atoms with Crippen molar-refractivity contribution in [1.29, 1.82) is 0 Å². The number of urea groups is 1. The lowest BCUT2D eigenvalue weighted by Crippen LogP contribution is -2.47. The molecule has 0 spiro atoms. The van der Waals surface area contributed by atoms with Crippen molar-refractivity contribution in [3.05, 3.63) is 35.4 Å². The van der Waals surface area contributed by atoms with Crippen LogP contribution in [0.3, 0.4) is 0 Å². The first-order chi connectivity index (χ1) is 17.5. The lowest BCUT2D eigenvalue weighted by molar-refractivity contribution is -0.141.